The van der Waals surface area contributed by atoms with E-state index in [0.29, 0.717) is 6.54 Å². The predicted molar refractivity (Wildman–Crippen MR) is 120 cm³/mol. The van der Waals surface area contributed by atoms with Crippen molar-refractivity contribution in [2.24, 2.45) is 5.92 Å². The van der Waals surface area contributed by atoms with Crippen LogP contribution < -0.4 is 10.2 Å². The summed E-state index contributed by atoms with van der Waals surface area (Å²) >= 11 is 3.46. The third kappa shape index (κ3) is 4.65. The highest BCUT2D eigenvalue weighted by atomic mass is 79.9. The smallest absolute Gasteiger partial charge is 0.229 e. The molecule has 0 saturated carbocycles. The molecule has 1 unspecified atom stereocenters. The average molecular weight is 451 g/mol. The maximum Gasteiger partial charge on any atom is 0.229 e. The SMILES string of the molecule is Cc1cc(Br)ccc1NC(=O)C1CCCN(c2ccc(-c3ccccc3)nn2)C1. The summed E-state index contributed by atoms with van der Waals surface area (Å²) < 4.78 is 1.01. The summed E-state index contributed by atoms with van der Waals surface area (Å²) in [6, 6.07) is 19.9. The average Bonchev–Trinajstić information content (AvgIpc) is 2.76. The van der Waals surface area contributed by atoms with E-state index in [2.05, 4.69) is 36.3 Å². The fraction of sp³-hybridized carbons (Fsp3) is 0.261. The molecule has 2 heterocycles. The lowest BCUT2D eigenvalue weighted by molar-refractivity contribution is -0.120. The summed E-state index contributed by atoms with van der Waals surface area (Å²) in [5.74, 6) is 0.818. The molecule has 148 valence electrons. The Kier molecular flexibility index (Phi) is 5.90. The van der Waals surface area contributed by atoms with Gasteiger partial charge in [-0.1, -0.05) is 46.3 Å². The van der Waals surface area contributed by atoms with E-state index in [9.17, 15) is 4.79 Å². The molecule has 0 radical (unpaired) electrons. The first-order chi connectivity index (χ1) is 14.1. The van der Waals surface area contributed by atoms with Crippen LogP contribution in [0.2, 0.25) is 0 Å². The van der Waals surface area contributed by atoms with E-state index >= 15 is 0 Å². The minimum atomic E-state index is -0.0672. The van der Waals surface area contributed by atoms with Crippen LogP contribution in [0.25, 0.3) is 11.3 Å². The van der Waals surface area contributed by atoms with Crippen LogP contribution in [0.3, 0.4) is 0 Å². The van der Waals surface area contributed by atoms with Crippen LogP contribution >= 0.6 is 15.9 Å². The van der Waals surface area contributed by atoms with Crippen LogP contribution in [0.4, 0.5) is 11.5 Å². The molecule has 1 aliphatic rings. The van der Waals surface area contributed by atoms with Crippen molar-refractivity contribution >= 4 is 33.3 Å². The van der Waals surface area contributed by atoms with Gasteiger partial charge in [-0.15, -0.1) is 10.2 Å². The summed E-state index contributed by atoms with van der Waals surface area (Å²) in [5.41, 5.74) is 3.81. The highest BCUT2D eigenvalue weighted by Gasteiger charge is 2.27. The third-order valence-electron chi connectivity index (χ3n) is 5.28. The first kappa shape index (κ1) is 19.6. The molecule has 1 N–H and O–H groups in total. The van der Waals surface area contributed by atoms with Gasteiger partial charge in [0.2, 0.25) is 5.91 Å². The van der Waals surface area contributed by atoms with Gasteiger partial charge in [-0.05, 0) is 55.7 Å². The van der Waals surface area contributed by atoms with Crippen molar-refractivity contribution in [3.8, 4) is 11.3 Å². The Labute approximate surface area is 179 Å². The number of amides is 1. The molecule has 2 aromatic carbocycles. The van der Waals surface area contributed by atoms with Crippen LogP contribution in [-0.2, 0) is 4.79 Å². The topological polar surface area (TPSA) is 58.1 Å². The number of aromatic nitrogens is 2. The molecule has 1 saturated heterocycles. The molecule has 1 atom stereocenters. The second-order valence-corrected chi connectivity index (χ2v) is 8.29. The number of carbonyl (C=O) groups is 1. The Hall–Kier alpha value is -2.73. The Bertz CT molecular complexity index is 992. The van der Waals surface area contributed by atoms with Crippen LogP contribution in [0.15, 0.2) is 65.1 Å². The Morgan fingerprint density at radius 3 is 2.66 bits per heavy atom. The number of nitrogens with zero attached hydrogens (tertiary/aromatic N) is 3. The van der Waals surface area contributed by atoms with E-state index in [-0.39, 0.29) is 11.8 Å². The van der Waals surface area contributed by atoms with Gasteiger partial charge in [0, 0.05) is 28.8 Å². The maximum absolute atomic E-state index is 12.8. The Morgan fingerprint density at radius 2 is 1.93 bits per heavy atom. The van der Waals surface area contributed by atoms with Gasteiger partial charge in [0.1, 0.15) is 0 Å². The van der Waals surface area contributed by atoms with Gasteiger partial charge in [0.05, 0.1) is 11.6 Å². The van der Waals surface area contributed by atoms with Crippen LogP contribution in [0, 0.1) is 12.8 Å². The van der Waals surface area contributed by atoms with Gasteiger partial charge in [-0.2, -0.15) is 0 Å². The zero-order valence-corrected chi connectivity index (χ0v) is 17.9. The van der Waals surface area contributed by atoms with E-state index in [1.165, 1.54) is 0 Å². The molecule has 0 bridgehead atoms. The fourth-order valence-electron chi connectivity index (χ4n) is 3.66. The molecule has 1 aromatic heterocycles. The van der Waals surface area contributed by atoms with Crippen molar-refractivity contribution in [3.05, 3.63) is 70.7 Å². The van der Waals surface area contributed by atoms with Gasteiger partial charge >= 0.3 is 0 Å². The normalized spacial score (nSPS) is 16.5. The molecule has 3 aromatic rings. The Balaban J connectivity index is 1.43. The molecule has 5 nitrogen and oxygen atoms in total. The van der Waals surface area contributed by atoms with Crippen LogP contribution in [-0.4, -0.2) is 29.2 Å². The van der Waals surface area contributed by atoms with Crippen molar-refractivity contribution in [2.75, 3.05) is 23.3 Å². The summed E-state index contributed by atoms with van der Waals surface area (Å²) in [4.78, 5) is 15.0. The molecule has 6 heteroatoms. The number of piperidine rings is 1. The second kappa shape index (κ2) is 8.74. The van der Waals surface area contributed by atoms with E-state index in [4.69, 9.17) is 0 Å². The van der Waals surface area contributed by atoms with Gasteiger partial charge in [-0.25, -0.2) is 0 Å². The maximum atomic E-state index is 12.8. The summed E-state index contributed by atoms with van der Waals surface area (Å²) in [5, 5.41) is 11.9. The van der Waals surface area contributed by atoms with E-state index < -0.39 is 0 Å². The van der Waals surface area contributed by atoms with Crippen molar-refractivity contribution in [3.63, 3.8) is 0 Å². The minimum Gasteiger partial charge on any atom is -0.354 e. The summed E-state index contributed by atoms with van der Waals surface area (Å²) in [6.07, 6.45) is 1.84. The number of hydrogen-bond acceptors (Lipinski definition) is 4. The predicted octanol–water partition coefficient (Wildman–Crippen LogP) is 5.07. The third-order valence-corrected chi connectivity index (χ3v) is 5.78. The van der Waals surface area contributed by atoms with Crippen LogP contribution in [0.1, 0.15) is 18.4 Å². The number of hydrogen-bond donors (Lipinski definition) is 1. The number of aryl methyl sites for hydroxylation is 1. The van der Waals surface area contributed by atoms with Crippen molar-refractivity contribution in [1.29, 1.82) is 0 Å². The molecular weight excluding hydrogens is 428 g/mol. The quantitative estimate of drug-likeness (QED) is 0.602. The minimum absolute atomic E-state index is 0.0639. The Morgan fingerprint density at radius 1 is 1.10 bits per heavy atom. The van der Waals surface area contributed by atoms with E-state index in [1.807, 2.05) is 67.6 Å². The molecule has 1 aliphatic heterocycles. The number of rotatable bonds is 4. The summed E-state index contributed by atoms with van der Waals surface area (Å²) in [7, 11) is 0. The molecule has 1 amide bonds. The lowest BCUT2D eigenvalue weighted by atomic mass is 9.97. The second-order valence-electron chi connectivity index (χ2n) is 7.38. The zero-order valence-electron chi connectivity index (χ0n) is 16.3. The first-order valence-electron chi connectivity index (χ1n) is 9.81. The number of anilines is 2. The molecule has 0 aliphatic carbocycles. The molecule has 4 rings (SSSR count). The van der Waals surface area contributed by atoms with Crippen molar-refractivity contribution in [2.45, 2.75) is 19.8 Å². The van der Waals surface area contributed by atoms with Crippen molar-refractivity contribution in [1.82, 2.24) is 10.2 Å². The standard InChI is InChI=1S/C23H23BrN4O/c1-16-14-19(24)9-10-20(16)25-23(29)18-8-5-13-28(15-18)22-12-11-21(26-27-22)17-6-3-2-4-7-17/h2-4,6-7,9-12,14,18H,5,8,13,15H2,1H3,(H,25,29). The number of halogens is 1. The fourth-order valence-corrected chi connectivity index (χ4v) is 4.13. The number of carbonyl (C=O) groups excluding carboxylic acids is 1. The van der Waals surface area contributed by atoms with Gasteiger partial charge in [-0.3, -0.25) is 4.79 Å². The van der Waals surface area contributed by atoms with E-state index in [1.54, 1.807) is 0 Å². The van der Waals surface area contributed by atoms with Gasteiger partial charge < -0.3 is 10.2 Å². The van der Waals surface area contributed by atoms with Crippen LogP contribution in [0.5, 0.6) is 0 Å². The monoisotopic (exact) mass is 450 g/mol. The van der Waals surface area contributed by atoms with Gasteiger partial charge in [0.15, 0.2) is 5.82 Å². The van der Waals surface area contributed by atoms with Crippen molar-refractivity contribution < 1.29 is 4.79 Å². The zero-order chi connectivity index (χ0) is 20.2. The lowest BCUT2D eigenvalue weighted by Crippen LogP contribution is -2.41. The molecule has 0 spiro atoms. The lowest BCUT2D eigenvalue weighted by Gasteiger charge is -2.32. The molecule has 1 fully saturated rings. The van der Waals surface area contributed by atoms with E-state index in [0.717, 1.165) is 52.2 Å². The summed E-state index contributed by atoms with van der Waals surface area (Å²) in [6.45, 7) is 3.54. The number of benzene rings is 2. The highest BCUT2D eigenvalue weighted by Crippen LogP contribution is 2.25. The number of nitrogens with one attached hydrogen (secondary N) is 1. The van der Waals surface area contributed by atoms with Gasteiger partial charge in [0.25, 0.3) is 0 Å². The molecule has 29 heavy (non-hydrogen) atoms. The highest BCUT2D eigenvalue weighted by molar-refractivity contribution is 9.10. The largest absolute Gasteiger partial charge is 0.354 e. The molecular formula is C23H23BrN4O. The first-order valence-corrected chi connectivity index (χ1v) is 10.6.